The van der Waals surface area contributed by atoms with Gasteiger partial charge in [-0.1, -0.05) is 19.9 Å². The maximum atomic E-state index is 12.0. The van der Waals surface area contributed by atoms with Crippen molar-refractivity contribution in [3.63, 3.8) is 0 Å². The minimum Gasteiger partial charge on any atom is -0.349 e. The van der Waals surface area contributed by atoms with Crippen molar-refractivity contribution in [3.8, 4) is 0 Å². The van der Waals surface area contributed by atoms with Crippen LogP contribution in [0.15, 0.2) is 24.5 Å². The van der Waals surface area contributed by atoms with E-state index in [2.05, 4.69) is 36.0 Å². The van der Waals surface area contributed by atoms with Gasteiger partial charge in [-0.25, -0.2) is 0 Å². The van der Waals surface area contributed by atoms with Crippen molar-refractivity contribution < 1.29 is 4.79 Å². The quantitative estimate of drug-likeness (QED) is 0.859. The zero-order valence-electron chi connectivity index (χ0n) is 15.0. The fourth-order valence-corrected chi connectivity index (χ4v) is 2.99. The summed E-state index contributed by atoms with van der Waals surface area (Å²) in [5.74, 6) is 1.95. The first-order valence-corrected chi connectivity index (χ1v) is 8.97. The summed E-state index contributed by atoms with van der Waals surface area (Å²) < 4.78 is 2.15. The predicted octanol–water partition coefficient (Wildman–Crippen LogP) is 1.39. The van der Waals surface area contributed by atoms with E-state index in [0.717, 1.165) is 50.7 Å². The van der Waals surface area contributed by atoms with Gasteiger partial charge in [0.05, 0.1) is 6.54 Å². The van der Waals surface area contributed by atoms with Gasteiger partial charge in [-0.2, -0.15) is 0 Å². The second-order valence-corrected chi connectivity index (χ2v) is 6.60. The van der Waals surface area contributed by atoms with Crippen LogP contribution in [0.25, 0.3) is 0 Å². The Morgan fingerprint density at radius 3 is 2.96 bits per heavy atom. The first-order valence-electron chi connectivity index (χ1n) is 8.97. The van der Waals surface area contributed by atoms with Crippen LogP contribution >= 0.6 is 0 Å². The van der Waals surface area contributed by atoms with Crippen molar-refractivity contribution in [3.05, 3.63) is 41.7 Å². The molecule has 2 aromatic heterocycles. The molecule has 25 heavy (non-hydrogen) atoms. The molecule has 1 unspecified atom stereocenters. The molecule has 0 aliphatic carbocycles. The van der Waals surface area contributed by atoms with Gasteiger partial charge in [0.15, 0.2) is 5.82 Å². The van der Waals surface area contributed by atoms with Gasteiger partial charge in [-0.15, -0.1) is 10.2 Å². The Kier molecular flexibility index (Phi) is 5.75. The third-order valence-corrected chi connectivity index (χ3v) is 4.81. The first kappa shape index (κ1) is 17.5. The number of rotatable bonds is 6. The number of nitrogens with zero attached hydrogens (tertiary/aromatic N) is 5. The lowest BCUT2D eigenvalue weighted by molar-refractivity contribution is -0.124. The van der Waals surface area contributed by atoms with E-state index in [1.165, 1.54) is 5.56 Å². The molecule has 7 nitrogen and oxygen atoms in total. The van der Waals surface area contributed by atoms with Crippen LogP contribution in [-0.4, -0.2) is 43.6 Å². The van der Waals surface area contributed by atoms with Gasteiger partial charge in [0.25, 0.3) is 0 Å². The molecule has 3 heterocycles. The Labute approximate surface area is 148 Å². The molecule has 1 amide bonds. The Balaban J connectivity index is 1.59. The number of pyridine rings is 1. The molecule has 0 fully saturated rings. The fourth-order valence-electron chi connectivity index (χ4n) is 2.99. The molecule has 0 aromatic carbocycles. The predicted molar refractivity (Wildman–Crippen MR) is 94.5 cm³/mol. The highest BCUT2D eigenvalue weighted by molar-refractivity contribution is 5.78. The molecule has 1 aliphatic heterocycles. The molecule has 1 N–H and O–H groups in total. The smallest absolute Gasteiger partial charge is 0.223 e. The van der Waals surface area contributed by atoms with Gasteiger partial charge in [0, 0.05) is 50.9 Å². The highest BCUT2D eigenvalue weighted by atomic mass is 16.1. The number of hydrogen-bond acceptors (Lipinski definition) is 5. The molecule has 0 bridgehead atoms. The van der Waals surface area contributed by atoms with E-state index in [9.17, 15) is 4.79 Å². The molecule has 0 spiro atoms. The number of hydrogen-bond donors (Lipinski definition) is 1. The molecule has 134 valence electrons. The zero-order chi connectivity index (χ0) is 17.6. The maximum Gasteiger partial charge on any atom is 0.223 e. The highest BCUT2D eigenvalue weighted by Crippen LogP contribution is 2.12. The number of carbonyl (C=O) groups is 1. The number of nitrogens with one attached hydrogen (secondary N) is 1. The van der Waals surface area contributed by atoms with E-state index in [1.807, 2.05) is 26.1 Å². The summed E-state index contributed by atoms with van der Waals surface area (Å²) >= 11 is 0. The Bertz CT molecular complexity index is 699. The van der Waals surface area contributed by atoms with E-state index in [4.69, 9.17) is 0 Å². The van der Waals surface area contributed by atoms with Gasteiger partial charge in [-0.3, -0.25) is 14.7 Å². The molecule has 2 aromatic rings. The Morgan fingerprint density at radius 1 is 1.32 bits per heavy atom. The highest BCUT2D eigenvalue weighted by Gasteiger charge is 2.19. The van der Waals surface area contributed by atoms with Crippen molar-refractivity contribution in [1.29, 1.82) is 0 Å². The molecular formula is C18H26N6O. The van der Waals surface area contributed by atoms with Crippen LogP contribution in [-0.2, 0) is 30.8 Å². The van der Waals surface area contributed by atoms with Crippen molar-refractivity contribution >= 4 is 5.91 Å². The lowest BCUT2D eigenvalue weighted by Crippen LogP contribution is -2.30. The second kappa shape index (κ2) is 8.20. The summed E-state index contributed by atoms with van der Waals surface area (Å²) in [4.78, 5) is 18.6. The molecule has 1 aliphatic rings. The summed E-state index contributed by atoms with van der Waals surface area (Å²) in [6.07, 6.45) is 5.42. The number of aromatic nitrogens is 4. The second-order valence-electron chi connectivity index (χ2n) is 6.60. The summed E-state index contributed by atoms with van der Waals surface area (Å²) in [6.45, 7) is 8.03. The maximum absolute atomic E-state index is 12.0. The lowest BCUT2D eigenvalue weighted by Gasteiger charge is -2.19. The Morgan fingerprint density at radius 2 is 2.20 bits per heavy atom. The zero-order valence-corrected chi connectivity index (χ0v) is 15.0. The van der Waals surface area contributed by atoms with Gasteiger partial charge in [-0.05, 0) is 18.1 Å². The fraction of sp³-hybridized carbons (Fsp3) is 0.556. The van der Waals surface area contributed by atoms with Crippen molar-refractivity contribution in [2.45, 2.75) is 46.3 Å². The van der Waals surface area contributed by atoms with Crippen LogP contribution < -0.4 is 5.32 Å². The Hall–Kier alpha value is -2.28. The van der Waals surface area contributed by atoms with Crippen molar-refractivity contribution in [2.24, 2.45) is 5.92 Å². The molecular weight excluding hydrogens is 316 g/mol. The molecule has 7 heteroatoms. The molecule has 0 radical (unpaired) electrons. The van der Waals surface area contributed by atoms with Crippen molar-refractivity contribution in [1.82, 2.24) is 30.0 Å². The van der Waals surface area contributed by atoms with Crippen LogP contribution in [0.2, 0.25) is 0 Å². The molecule has 0 saturated carbocycles. The van der Waals surface area contributed by atoms with Crippen LogP contribution in [0.4, 0.5) is 0 Å². The third-order valence-electron chi connectivity index (χ3n) is 4.81. The minimum atomic E-state index is 0.0292. The van der Waals surface area contributed by atoms with Gasteiger partial charge in [0.2, 0.25) is 5.91 Å². The molecule has 0 saturated heterocycles. The topological polar surface area (TPSA) is 75.9 Å². The standard InChI is InChI=1S/C18H26N6O/c1-3-14(2)18(25)20-12-17-22-21-16-6-8-23(9-10-24(16)17)13-15-5-4-7-19-11-15/h4-5,7,11,14H,3,6,8-10,12-13H2,1-2H3,(H,20,25). The van der Waals surface area contributed by atoms with E-state index in [1.54, 1.807) is 6.20 Å². The average molecular weight is 342 g/mol. The number of amides is 1. The molecule has 1 atom stereocenters. The van der Waals surface area contributed by atoms with E-state index < -0.39 is 0 Å². The van der Waals surface area contributed by atoms with E-state index >= 15 is 0 Å². The van der Waals surface area contributed by atoms with Crippen molar-refractivity contribution in [2.75, 3.05) is 13.1 Å². The summed E-state index contributed by atoms with van der Waals surface area (Å²) in [7, 11) is 0. The molecule has 3 rings (SSSR count). The third kappa shape index (κ3) is 4.42. The van der Waals surface area contributed by atoms with Crippen LogP contribution in [0.3, 0.4) is 0 Å². The SMILES string of the molecule is CCC(C)C(=O)NCc1nnc2n1CCN(Cc1cccnc1)CC2. The monoisotopic (exact) mass is 342 g/mol. The summed E-state index contributed by atoms with van der Waals surface area (Å²) in [6, 6.07) is 4.08. The first-order chi connectivity index (χ1) is 12.2. The summed E-state index contributed by atoms with van der Waals surface area (Å²) in [5.41, 5.74) is 1.22. The summed E-state index contributed by atoms with van der Waals surface area (Å²) in [5, 5.41) is 11.6. The van der Waals surface area contributed by atoms with Gasteiger partial charge < -0.3 is 9.88 Å². The normalized spacial score (nSPS) is 16.1. The minimum absolute atomic E-state index is 0.0292. The van der Waals surface area contributed by atoms with E-state index in [-0.39, 0.29) is 11.8 Å². The van der Waals surface area contributed by atoms with Crippen LogP contribution in [0.1, 0.15) is 37.5 Å². The van der Waals surface area contributed by atoms with Gasteiger partial charge in [0.1, 0.15) is 5.82 Å². The van der Waals surface area contributed by atoms with Gasteiger partial charge >= 0.3 is 0 Å². The average Bonchev–Trinajstić information content (AvgIpc) is 2.92. The van der Waals surface area contributed by atoms with Crippen LogP contribution in [0, 0.1) is 5.92 Å². The van der Waals surface area contributed by atoms with Crippen LogP contribution in [0.5, 0.6) is 0 Å². The largest absolute Gasteiger partial charge is 0.349 e. The van der Waals surface area contributed by atoms with E-state index in [0.29, 0.717) is 6.54 Å². The lowest BCUT2D eigenvalue weighted by atomic mass is 10.1. The number of carbonyl (C=O) groups excluding carboxylic acids is 1. The number of fused-ring (bicyclic) bond motifs is 1.